The molecule has 4 rings (SSSR count). The van der Waals surface area contributed by atoms with Crippen LogP contribution in [0.15, 0.2) is 54.6 Å². The highest BCUT2D eigenvalue weighted by Crippen LogP contribution is 2.32. The molecule has 0 aliphatic carbocycles. The van der Waals surface area contributed by atoms with E-state index in [4.69, 9.17) is 4.74 Å². The van der Waals surface area contributed by atoms with Gasteiger partial charge in [-0.3, -0.25) is 9.78 Å². The summed E-state index contributed by atoms with van der Waals surface area (Å²) in [6.45, 7) is 4.43. The first-order valence-electron chi connectivity index (χ1n) is 10.7. The van der Waals surface area contributed by atoms with Crippen LogP contribution in [0.3, 0.4) is 0 Å². The molecule has 2 N–H and O–H groups in total. The van der Waals surface area contributed by atoms with Crippen molar-refractivity contribution in [3.63, 3.8) is 0 Å². The molecule has 1 aromatic carbocycles. The Morgan fingerprint density at radius 3 is 2.65 bits per heavy atom. The van der Waals surface area contributed by atoms with Crippen molar-refractivity contribution in [1.29, 1.82) is 0 Å². The molecule has 1 amide bonds. The maximum Gasteiger partial charge on any atom is 0.417 e. The minimum absolute atomic E-state index is 0.189. The number of hydrogen-bond donors (Lipinski definition) is 2. The summed E-state index contributed by atoms with van der Waals surface area (Å²) in [6, 6.07) is 6.05. The number of halogens is 3. The van der Waals surface area contributed by atoms with Gasteiger partial charge in [0, 0.05) is 44.4 Å². The minimum Gasteiger partial charge on any atom is -0.378 e. The second-order valence-electron chi connectivity index (χ2n) is 8.24. The summed E-state index contributed by atoms with van der Waals surface area (Å²) in [7, 11) is 1.78. The largest absolute Gasteiger partial charge is 0.417 e. The van der Waals surface area contributed by atoms with E-state index in [2.05, 4.69) is 15.2 Å². The van der Waals surface area contributed by atoms with Crippen LogP contribution in [0.4, 0.5) is 18.9 Å². The number of likely N-dealkylation sites (N-methyl/N-ethyl adjacent to an activating group) is 1. The van der Waals surface area contributed by atoms with Gasteiger partial charge in [0.25, 0.3) is 5.91 Å². The number of anilines is 1. The average molecular weight is 474 g/mol. The fraction of sp³-hybridized carbons (Fsp3) is 0.333. The number of nitrogens with one attached hydrogen (secondary N) is 1. The summed E-state index contributed by atoms with van der Waals surface area (Å²) in [5.41, 5.74) is 2.61. The van der Waals surface area contributed by atoms with Crippen molar-refractivity contribution in [1.82, 2.24) is 14.8 Å². The van der Waals surface area contributed by atoms with E-state index in [0.29, 0.717) is 38.2 Å². The molecule has 34 heavy (non-hydrogen) atoms. The van der Waals surface area contributed by atoms with E-state index in [-0.39, 0.29) is 5.56 Å². The van der Waals surface area contributed by atoms with Crippen LogP contribution in [0.5, 0.6) is 0 Å². The van der Waals surface area contributed by atoms with Gasteiger partial charge < -0.3 is 25.0 Å². The molecule has 2 aliphatic heterocycles. The van der Waals surface area contributed by atoms with E-state index in [1.165, 1.54) is 0 Å². The number of hydrogen-bond acceptors (Lipinski definition) is 6. The van der Waals surface area contributed by atoms with Crippen LogP contribution < -0.4 is 5.32 Å². The summed E-state index contributed by atoms with van der Waals surface area (Å²) in [5, 5.41) is 13.3. The van der Waals surface area contributed by atoms with Crippen molar-refractivity contribution in [3.8, 4) is 0 Å². The SMILES string of the molecule is Cc1ccc(NC(=O)c2cncc(C(F)(F)F)c2)cc1C1=CN(C)C(O)C(N2CCOCC2)=C1. The van der Waals surface area contributed by atoms with E-state index >= 15 is 0 Å². The van der Waals surface area contributed by atoms with E-state index in [0.717, 1.165) is 34.7 Å². The Kier molecular flexibility index (Phi) is 6.63. The molecule has 0 spiro atoms. The normalized spacial score (nSPS) is 18.9. The van der Waals surface area contributed by atoms with E-state index in [9.17, 15) is 23.1 Å². The Morgan fingerprint density at radius 1 is 1.21 bits per heavy atom. The number of aliphatic hydroxyl groups is 1. The number of morpholine rings is 1. The lowest BCUT2D eigenvalue weighted by molar-refractivity contribution is -0.137. The Labute approximate surface area is 195 Å². The third-order valence-electron chi connectivity index (χ3n) is 5.81. The Bertz CT molecular complexity index is 1140. The van der Waals surface area contributed by atoms with Crippen molar-refractivity contribution in [2.24, 2.45) is 0 Å². The second-order valence-corrected chi connectivity index (χ2v) is 8.24. The number of pyridine rings is 1. The number of aliphatic hydroxyl groups excluding tert-OH is 1. The molecule has 0 saturated carbocycles. The maximum absolute atomic E-state index is 13.0. The highest BCUT2D eigenvalue weighted by Gasteiger charge is 2.31. The van der Waals surface area contributed by atoms with Crippen LogP contribution in [0, 0.1) is 6.92 Å². The number of carbonyl (C=O) groups is 1. The number of amides is 1. The molecule has 0 radical (unpaired) electrons. The summed E-state index contributed by atoms with van der Waals surface area (Å²) >= 11 is 0. The minimum atomic E-state index is -4.59. The van der Waals surface area contributed by atoms with Crippen LogP contribution in [0.1, 0.15) is 27.0 Å². The van der Waals surface area contributed by atoms with Gasteiger partial charge in [0.15, 0.2) is 6.23 Å². The third kappa shape index (κ3) is 5.07. The lowest BCUT2D eigenvalue weighted by Gasteiger charge is -2.38. The molecule has 2 aromatic rings. The van der Waals surface area contributed by atoms with Gasteiger partial charge in [0.2, 0.25) is 0 Å². The monoisotopic (exact) mass is 474 g/mol. The smallest absolute Gasteiger partial charge is 0.378 e. The molecule has 1 saturated heterocycles. The van der Waals surface area contributed by atoms with Gasteiger partial charge in [-0.15, -0.1) is 0 Å². The van der Waals surface area contributed by atoms with Crippen LogP contribution in [-0.4, -0.2) is 65.4 Å². The topological polar surface area (TPSA) is 77.9 Å². The van der Waals surface area contributed by atoms with E-state index in [1.807, 2.05) is 25.3 Å². The second kappa shape index (κ2) is 9.47. The Hall–Kier alpha value is -3.37. The molecule has 3 heterocycles. The maximum atomic E-state index is 13.0. The number of benzene rings is 1. The van der Waals surface area contributed by atoms with Crippen molar-refractivity contribution in [3.05, 3.63) is 76.9 Å². The lowest BCUT2D eigenvalue weighted by Crippen LogP contribution is -2.44. The molecule has 180 valence electrons. The summed E-state index contributed by atoms with van der Waals surface area (Å²) in [6.07, 6.45) is 0.129. The van der Waals surface area contributed by atoms with Crippen molar-refractivity contribution in [2.45, 2.75) is 19.3 Å². The zero-order chi connectivity index (χ0) is 24.5. The number of ether oxygens (including phenoxy) is 1. The van der Waals surface area contributed by atoms with Gasteiger partial charge in [-0.1, -0.05) is 6.07 Å². The first-order valence-corrected chi connectivity index (χ1v) is 10.7. The number of alkyl halides is 3. The van der Waals surface area contributed by atoms with Crippen molar-refractivity contribution >= 4 is 17.2 Å². The van der Waals surface area contributed by atoms with Crippen LogP contribution in [0.2, 0.25) is 0 Å². The first kappa shape index (κ1) is 23.8. The Balaban J connectivity index is 1.60. The molecule has 1 fully saturated rings. The molecule has 1 unspecified atom stereocenters. The molecule has 10 heteroatoms. The molecule has 2 aliphatic rings. The summed E-state index contributed by atoms with van der Waals surface area (Å²) in [4.78, 5) is 20.0. The van der Waals surface area contributed by atoms with Gasteiger partial charge in [0.1, 0.15) is 0 Å². The number of nitrogens with zero attached hydrogens (tertiary/aromatic N) is 3. The quantitative estimate of drug-likeness (QED) is 0.707. The number of aryl methyl sites for hydroxylation is 1. The number of carbonyl (C=O) groups excluding carboxylic acids is 1. The molecular weight excluding hydrogens is 449 g/mol. The fourth-order valence-electron chi connectivity index (χ4n) is 3.93. The van der Waals surface area contributed by atoms with Gasteiger partial charge in [0.05, 0.1) is 30.0 Å². The van der Waals surface area contributed by atoms with Crippen LogP contribution in [0.25, 0.3) is 5.57 Å². The van der Waals surface area contributed by atoms with Gasteiger partial charge in [-0.2, -0.15) is 13.2 Å². The van der Waals surface area contributed by atoms with E-state index < -0.39 is 23.9 Å². The van der Waals surface area contributed by atoms with Gasteiger partial charge in [-0.25, -0.2) is 0 Å². The highest BCUT2D eigenvalue weighted by molar-refractivity contribution is 6.04. The van der Waals surface area contributed by atoms with E-state index in [1.54, 1.807) is 24.1 Å². The fourth-order valence-corrected chi connectivity index (χ4v) is 3.93. The molecular formula is C24H25F3N4O3. The van der Waals surface area contributed by atoms with Crippen molar-refractivity contribution in [2.75, 3.05) is 38.7 Å². The first-order chi connectivity index (χ1) is 16.1. The molecule has 1 atom stereocenters. The van der Waals surface area contributed by atoms with Gasteiger partial charge in [-0.05, 0) is 47.9 Å². The predicted molar refractivity (Wildman–Crippen MR) is 121 cm³/mol. The predicted octanol–water partition coefficient (Wildman–Crippen LogP) is 3.48. The lowest BCUT2D eigenvalue weighted by atomic mass is 9.97. The zero-order valence-electron chi connectivity index (χ0n) is 18.8. The molecule has 1 aromatic heterocycles. The zero-order valence-corrected chi connectivity index (χ0v) is 18.8. The average Bonchev–Trinajstić information content (AvgIpc) is 2.82. The van der Waals surface area contributed by atoms with Crippen molar-refractivity contribution < 1.29 is 27.8 Å². The van der Waals surface area contributed by atoms with Crippen LogP contribution >= 0.6 is 0 Å². The van der Waals surface area contributed by atoms with Gasteiger partial charge >= 0.3 is 6.18 Å². The summed E-state index contributed by atoms with van der Waals surface area (Å²) < 4.78 is 44.3. The Morgan fingerprint density at radius 2 is 1.94 bits per heavy atom. The molecule has 0 bridgehead atoms. The van der Waals surface area contributed by atoms with Crippen LogP contribution in [-0.2, 0) is 10.9 Å². The molecule has 7 nitrogen and oxygen atoms in total. The number of rotatable bonds is 4. The number of aromatic nitrogens is 1. The highest BCUT2D eigenvalue weighted by atomic mass is 19.4. The third-order valence-corrected chi connectivity index (χ3v) is 5.81. The standard InChI is InChI=1S/C24H25F3N4O3/c1-15-3-4-19(29-22(32)16-9-18(13-28-12-16)24(25,26)27)11-20(15)17-10-21(23(33)30(2)14-17)31-5-7-34-8-6-31/h3-4,9-14,23,33H,5-8H2,1-2H3,(H,29,32). The number of allylic oxidation sites excluding steroid dienone is 2. The summed E-state index contributed by atoms with van der Waals surface area (Å²) in [5.74, 6) is -0.692.